The molecule has 0 bridgehead atoms. The average Bonchev–Trinajstić information content (AvgIpc) is 1.73. The number of carbonyl (C=O) groups is 4. The van der Waals surface area contributed by atoms with E-state index in [1.54, 1.807) is 54.8 Å². The fraction of sp³-hybridized carbons (Fsp3) is 0.300. The Balaban J connectivity index is 0.000000209. The molecule has 1 aliphatic heterocycles. The van der Waals surface area contributed by atoms with Crippen LogP contribution in [0.1, 0.15) is 147 Å². The lowest BCUT2D eigenvalue weighted by Crippen LogP contribution is -2.41. The summed E-state index contributed by atoms with van der Waals surface area (Å²) >= 11 is 12.5. The van der Waals surface area contributed by atoms with Gasteiger partial charge in [-0.1, -0.05) is 89.4 Å². The van der Waals surface area contributed by atoms with Crippen LogP contribution >= 0.6 is 70.5 Å². The molecule has 9 N–H and O–H groups in total. The van der Waals surface area contributed by atoms with E-state index >= 15 is 0 Å². The second kappa shape index (κ2) is 39.9. The molecule has 121 heavy (non-hydrogen) atoms. The third-order valence-corrected chi connectivity index (χ3v) is 23.1. The van der Waals surface area contributed by atoms with Crippen molar-refractivity contribution in [2.24, 2.45) is 33.9 Å². The Morgan fingerprint density at radius 2 is 0.843 bits per heavy atom. The molecule has 41 heteroatoms. The number of methoxy groups -OCH3 is 1. The van der Waals surface area contributed by atoms with Crippen LogP contribution in [0.4, 0.5) is 49.8 Å². The third-order valence-electron chi connectivity index (χ3n) is 19.0. The van der Waals surface area contributed by atoms with Gasteiger partial charge in [0.15, 0.2) is 10.3 Å². The standard InChI is InChI=1S/C24H21F3N4O3S.C17H16BrF3N2O3.C13H17BN2O2S.C9H10BrNO3.C9H10F3NO.C8H8BrNO3/c1-12(15-6-4-5-7-19(15)34-24(25,26)27)29-21(32)17-11-16(13(2)31(3)22(17)33)14-8-9-18-20(10-14)35-23(28)30-18;1-9(11-6-4-5-7-14(11)26-17(19,20)21)22-15(24)12-8-13(18)10(2)23(3)16(12)25;1-12(2)13(3,4)18-14(17-12)8-5-6-9-10(7-8)19-11(15)16-9;1-5-7(10)4-6(9(13)14-3)8(12)11(5)2;1-6(13)7-4-2-3-5-8(7)14-9(10,11)12;1-4-6(9)3-5(8(12)13)7(11)10(4)2/h4-12H,1-3H3,(H2,28,30)(H,29,32);4-9H,1-3H3,(H,22,24);5-7H,1-4H3,(H2,15,16);4H,1-3H3;2-6H,13H2,1H3;3H,1-2H3,(H,12,13). The number of ether oxygens (including phenoxy) is 4. The number of rotatable bonds is 14. The van der Waals surface area contributed by atoms with Crippen LogP contribution in [-0.2, 0) is 42.2 Å². The Labute approximate surface area is 719 Å². The van der Waals surface area contributed by atoms with E-state index in [0.29, 0.717) is 51.9 Å². The molecule has 0 saturated carbocycles. The molecule has 26 nitrogen and oxygen atoms in total. The molecule has 7 heterocycles. The summed E-state index contributed by atoms with van der Waals surface area (Å²) < 4.78 is 149. The van der Waals surface area contributed by atoms with E-state index < -0.39 is 89.1 Å². The number of para-hydroxylation sites is 3. The van der Waals surface area contributed by atoms with Crippen molar-refractivity contribution in [3.05, 3.63) is 250 Å². The normalized spacial score (nSPS) is 13.5. The first-order valence-electron chi connectivity index (χ1n) is 35.8. The van der Waals surface area contributed by atoms with Crippen LogP contribution in [0.2, 0.25) is 0 Å². The van der Waals surface area contributed by atoms with E-state index in [9.17, 15) is 77.9 Å². The minimum Gasteiger partial charge on any atom is -0.477 e. The van der Waals surface area contributed by atoms with E-state index in [1.807, 2.05) is 36.4 Å². The first-order valence-corrected chi connectivity index (χ1v) is 39.8. The van der Waals surface area contributed by atoms with Crippen LogP contribution in [0.3, 0.4) is 0 Å². The highest BCUT2D eigenvalue weighted by Crippen LogP contribution is 2.39. The summed E-state index contributed by atoms with van der Waals surface area (Å²) in [5.41, 5.74) is 21.5. The third kappa shape index (κ3) is 25.0. The molecular weight excluding hydrogens is 1840 g/mol. The Kier molecular flexibility index (Phi) is 32.1. The SMILES string of the molecule is CC(N)c1ccccc1OC(F)(F)F.CC1(C)OB(c2ccc3nc(N)sc3c2)OC1(C)C.COC(=O)c1cc(Br)c(C)n(C)c1=O.Cc1c(-c2ccc3nc(N)sc3c2)cc(C(=O)NC(C)c2ccccc2OC(F)(F)F)c(=O)n1C.Cc1c(Br)cc(C(=O)NC(C)c2ccccc2OC(F)(F)F)c(=O)n1C.Cc1c(Br)cc(C(=O)O)c(=O)n1C. The van der Waals surface area contributed by atoms with Gasteiger partial charge in [0.05, 0.1) is 50.8 Å². The highest BCUT2D eigenvalue weighted by molar-refractivity contribution is 9.11. The zero-order chi connectivity index (χ0) is 90.8. The van der Waals surface area contributed by atoms with E-state index in [1.165, 1.54) is 155 Å². The Bertz CT molecular complexity index is 5940. The number of carboxylic acid groups (broad SMARTS) is 1. The number of nitrogen functional groups attached to an aromatic ring is 2. The topological polar surface area (TPSA) is 360 Å². The van der Waals surface area contributed by atoms with Crippen LogP contribution in [0.5, 0.6) is 17.2 Å². The fourth-order valence-corrected chi connectivity index (χ4v) is 14.3. The molecule has 0 radical (unpaired) electrons. The molecule has 5 aromatic carbocycles. The number of carbonyl (C=O) groups excluding carboxylic acids is 3. The summed E-state index contributed by atoms with van der Waals surface area (Å²) in [5.74, 6) is -4.32. The van der Waals surface area contributed by atoms with Crippen molar-refractivity contribution in [2.75, 3.05) is 18.6 Å². The maximum atomic E-state index is 13.1. The van der Waals surface area contributed by atoms with Crippen molar-refractivity contribution < 1.29 is 92.1 Å². The predicted molar refractivity (Wildman–Crippen MR) is 454 cm³/mol. The van der Waals surface area contributed by atoms with Crippen molar-refractivity contribution in [1.82, 2.24) is 38.9 Å². The maximum absolute atomic E-state index is 13.1. The Morgan fingerprint density at radius 3 is 1.24 bits per heavy atom. The quantitative estimate of drug-likeness (QED) is 0.0334. The van der Waals surface area contributed by atoms with Crippen molar-refractivity contribution in [3.63, 3.8) is 0 Å². The first-order chi connectivity index (χ1) is 56.1. The van der Waals surface area contributed by atoms with Crippen LogP contribution < -0.4 is 69.7 Å². The summed E-state index contributed by atoms with van der Waals surface area (Å²) in [6, 6.07) is 31.8. The largest absolute Gasteiger partial charge is 0.573 e. The van der Waals surface area contributed by atoms with Gasteiger partial charge in [0.1, 0.15) is 39.5 Å². The molecule has 1 fully saturated rings. The molecule has 2 amide bonds. The number of esters is 1. The number of pyridine rings is 4. The van der Waals surface area contributed by atoms with Crippen molar-refractivity contribution in [3.8, 4) is 28.4 Å². The minimum absolute atomic E-state index is 0.0347. The molecule has 12 rings (SSSR count). The smallest absolute Gasteiger partial charge is 0.477 e. The van der Waals surface area contributed by atoms with Gasteiger partial charge in [-0.05, 0) is 202 Å². The molecular formula is C80H82BBr3F9N11O15S2. The van der Waals surface area contributed by atoms with Gasteiger partial charge >= 0.3 is 38.1 Å². The number of halogens is 12. The summed E-state index contributed by atoms with van der Waals surface area (Å²) in [4.78, 5) is 104. The number of aromatic nitrogens is 6. The van der Waals surface area contributed by atoms with E-state index in [2.05, 4.69) is 115 Å². The van der Waals surface area contributed by atoms with Crippen LogP contribution in [-0.4, -0.2) is 102 Å². The van der Waals surface area contributed by atoms with E-state index in [0.717, 1.165) is 49.3 Å². The average molecular weight is 1920 g/mol. The number of hydrogen-bond acceptors (Lipinski definition) is 21. The number of nitrogens with two attached hydrogens (primary N) is 3. The Morgan fingerprint density at radius 1 is 0.504 bits per heavy atom. The molecule has 1 aliphatic rings. The van der Waals surface area contributed by atoms with Gasteiger partial charge in [-0.2, -0.15) is 0 Å². The molecule has 1 saturated heterocycles. The zero-order valence-corrected chi connectivity index (χ0v) is 73.8. The molecule has 6 aromatic heterocycles. The van der Waals surface area contributed by atoms with Crippen molar-refractivity contribution >= 4 is 137 Å². The van der Waals surface area contributed by atoms with Gasteiger partial charge in [-0.25, -0.2) is 19.6 Å². The summed E-state index contributed by atoms with van der Waals surface area (Å²) in [5, 5.41) is 14.8. The zero-order valence-electron chi connectivity index (χ0n) is 67.4. The number of fused-ring (bicyclic) bond motifs is 2. The second-order valence-electron chi connectivity index (χ2n) is 27.8. The highest BCUT2D eigenvalue weighted by atomic mass is 79.9. The first kappa shape index (κ1) is 97.4. The minimum atomic E-state index is -4.88. The molecule has 0 spiro atoms. The number of thiazole rings is 2. The molecule has 3 unspecified atom stereocenters. The predicted octanol–water partition coefficient (Wildman–Crippen LogP) is 16.0. The number of nitrogens with zero attached hydrogens (tertiary/aromatic N) is 6. The van der Waals surface area contributed by atoms with Gasteiger partial charge in [0.25, 0.3) is 34.1 Å². The van der Waals surface area contributed by atoms with Gasteiger partial charge in [0.2, 0.25) is 0 Å². The number of nitrogens with one attached hydrogen (secondary N) is 2. The maximum Gasteiger partial charge on any atom is 0.573 e. The molecule has 0 aliphatic carbocycles. The number of amides is 2. The lowest BCUT2D eigenvalue weighted by molar-refractivity contribution is -0.276. The van der Waals surface area contributed by atoms with E-state index in [4.69, 9.17) is 31.6 Å². The van der Waals surface area contributed by atoms with Crippen molar-refractivity contribution in [2.45, 2.75) is 125 Å². The summed E-state index contributed by atoms with van der Waals surface area (Å²) in [6.45, 7) is 19.8. The number of hydrogen-bond donors (Lipinski definition) is 6. The van der Waals surface area contributed by atoms with Crippen molar-refractivity contribution in [1.29, 1.82) is 0 Å². The van der Waals surface area contributed by atoms with Crippen LogP contribution in [0, 0.1) is 27.7 Å². The monoisotopic (exact) mass is 1920 g/mol. The van der Waals surface area contributed by atoms with Gasteiger partial charge in [0, 0.05) is 92.7 Å². The molecule has 646 valence electrons. The number of benzene rings is 5. The second-order valence-corrected chi connectivity index (χ2v) is 32.5. The number of aromatic carboxylic acids is 1. The molecule has 11 aromatic rings. The van der Waals surface area contributed by atoms with Gasteiger partial charge < -0.3 is 79.5 Å². The van der Waals surface area contributed by atoms with Crippen LogP contribution in [0.25, 0.3) is 31.6 Å². The molecule has 3 atom stereocenters. The fourth-order valence-electron chi connectivity index (χ4n) is 11.3. The van der Waals surface area contributed by atoms with Gasteiger partial charge in [-0.15, -0.1) is 39.5 Å². The number of carboxylic acids is 1. The van der Waals surface area contributed by atoms with Crippen LogP contribution in [0.15, 0.2) is 166 Å². The summed E-state index contributed by atoms with van der Waals surface area (Å²) in [7, 11) is 7.13. The van der Waals surface area contributed by atoms with Gasteiger partial charge in [-0.3, -0.25) is 28.8 Å². The number of alkyl halides is 9. The Hall–Kier alpha value is -10.7. The number of anilines is 2. The van der Waals surface area contributed by atoms with E-state index in [-0.39, 0.29) is 63.0 Å². The lowest BCUT2D eigenvalue weighted by atomic mass is 9.79. The summed E-state index contributed by atoms with van der Waals surface area (Å²) in [6.07, 6.45) is -14.4. The lowest BCUT2D eigenvalue weighted by Gasteiger charge is -2.32. The highest BCUT2D eigenvalue weighted by Gasteiger charge is 2.52.